The number of aryl methyl sites for hydroxylation is 1. The van der Waals surface area contributed by atoms with E-state index in [1.807, 2.05) is 19.9 Å². The molecule has 1 aliphatic heterocycles. The van der Waals surface area contributed by atoms with Crippen LogP contribution in [0.4, 0.5) is 0 Å². The molecule has 28 heavy (non-hydrogen) atoms. The van der Waals surface area contributed by atoms with Gasteiger partial charge in [-0.2, -0.15) is 0 Å². The van der Waals surface area contributed by atoms with E-state index in [2.05, 4.69) is 34.4 Å². The highest BCUT2D eigenvalue weighted by Gasteiger charge is 2.26. The lowest BCUT2D eigenvalue weighted by Gasteiger charge is -2.35. The summed E-state index contributed by atoms with van der Waals surface area (Å²) in [5.74, 6) is 2.03. The first-order chi connectivity index (χ1) is 12.8. The number of halogens is 1. The molecule has 7 nitrogen and oxygen atoms in total. The molecule has 0 aliphatic carbocycles. The average molecular weight is 508 g/mol. The number of nitrogens with one attached hydrogen (secondary N) is 2. The zero-order valence-corrected chi connectivity index (χ0v) is 20.2. The van der Waals surface area contributed by atoms with Gasteiger partial charge < -0.3 is 24.9 Å². The van der Waals surface area contributed by atoms with Crippen LogP contribution in [0.2, 0.25) is 0 Å². The van der Waals surface area contributed by atoms with Gasteiger partial charge in [0.1, 0.15) is 17.1 Å². The fourth-order valence-corrected chi connectivity index (χ4v) is 3.35. The minimum Gasteiger partial charge on any atom is -0.463 e. The highest BCUT2D eigenvalue weighted by atomic mass is 127. The zero-order valence-electron chi connectivity index (χ0n) is 17.8. The molecule has 0 aromatic carbocycles. The van der Waals surface area contributed by atoms with Gasteiger partial charge >= 0.3 is 0 Å². The number of nitrogens with zero attached hydrogens (tertiary/aromatic N) is 2. The van der Waals surface area contributed by atoms with Crippen LogP contribution in [0.25, 0.3) is 0 Å². The molecule has 0 amide bonds. The van der Waals surface area contributed by atoms with Gasteiger partial charge in [-0.1, -0.05) is 0 Å². The van der Waals surface area contributed by atoms with Crippen LogP contribution in [-0.2, 0) is 10.3 Å². The Morgan fingerprint density at radius 2 is 1.96 bits per heavy atom. The summed E-state index contributed by atoms with van der Waals surface area (Å²) in [6, 6.07) is 3.65. The average Bonchev–Trinajstić information content (AvgIpc) is 3.03. The number of aliphatic hydroxyl groups is 1. The molecule has 3 atom stereocenters. The maximum Gasteiger partial charge on any atom is 0.191 e. The summed E-state index contributed by atoms with van der Waals surface area (Å²) in [5.41, 5.74) is -1.13. The summed E-state index contributed by atoms with van der Waals surface area (Å²) >= 11 is 0. The van der Waals surface area contributed by atoms with Gasteiger partial charge in [-0.15, -0.1) is 24.0 Å². The summed E-state index contributed by atoms with van der Waals surface area (Å²) in [7, 11) is 0. The van der Waals surface area contributed by atoms with E-state index in [0.717, 1.165) is 44.9 Å². The van der Waals surface area contributed by atoms with Crippen molar-refractivity contribution in [2.75, 3.05) is 39.3 Å². The van der Waals surface area contributed by atoms with Gasteiger partial charge in [-0.3, -0.25) is 4.90 Å². The van der Waals surface area contributed by atoms with Crippen molar-refractivity contribution in [3.63, 3.8) is 0 Å². The first-order valence-electron chi connectivity index (χ1n) is 9.99. The van der Waals surface area contributed by atoms with Crippen LogP contribution in [0, 0.1) is 6.92 Å². The predicted octanol–water partition coefficient (Wildman–Crippen LogP) is 2.47. The smallest absolute Gasteiger partial charge is 0.191 e. The standard InChI is InChI=1S/C20H36N4O3.HI/c1-6-21-19(23-14-20(5,25)18-9-8-15(2)27-18)22-10-7-11-24-12-16(3)26-17(4)13-24;/h8-9,16-17,25H,6-7,10-14H2,1-5H3,(H2,21,22,23);1H. The molecule has 0 spiro atoms. The highest BCUT2D eigenvalue weighted by molar-refractivity contribution is 14.0. The molecule has 3 N–H and O–H groups in total. The molecule has 1 fully saturated rings. The Morgan fingerprint density at radius 1 is 1.29 bits per heavy atom. The van der Waals surface area contributed by atoms with Crippen molar-refractivity contribution in [1.82, 2.24) is 15.5 Å². The van der Waals surface area contributed by atoms with Gasteiger partial charge in [-0.05, 0) is 53.2 Å². The van der Waals surface area contributed by atoms with Gasteiger partial charge in [0.25, 0.3) is 0 Å². The van der Waals surface area contributed by atoms with Gasteiger partial charge in [0.05, 0.1) is 18.8 Å². The first-order valence-corrected chi connectivity index (χ1v) is 9.99. The molecule has 1 saturated heterocycles. The summed E-state index contributed by atoms with van der Waals surface area (Å²) in [6.45, 7) is 14.7. The van der Waals surface area contributed by atoms with Gasteiger partial charge in [0.15, 0.2) is 5.96 Å². The minimum atomic E-state index is -1.13. The third-order valence-electron chi connectivity index (χ3n) is 4.60. The second-order valence-electron chi connectivity index (χ2n) is 7.68. The number of furan rings is 1. The third-order valence-corrected chi connectivity index (χ3v) is 4.60. The van der Waals surface area contributed by atoms with Crippen LogP contribution in [0.1, 0.15) is 45.6 Å². The largest absolute Gasteiger partial charge is 0.463 e. The number of aliphatic imine (C=N–C) groups is 1. The van der Waals surface area contributed by atoms with E-state index in [-0.39, 0.29) is 30.5 Å². The quantitative estimate of drug-likeness (QED) is 0.217. The van der Waals surface area contributed by atoms with Gasteiger partial charge in [0, 0.05) is 32.7 Å². The molecular weight excluding hydrogens is 471 g/mol. The topological polar surface area (TPSA) is 82.3 Å². The molecular formula is C20H37IN4O3. The Kier molecular flexibility index (Phi) is 10.8. The minimum absolute atomic E-state index is 0. The number of hydrogen-bond donors (Lipinski definition) is 3. The number of rotatable bonds is 8. The van der Waals surface area contributed by atoms with E-state index in [1.54, 1.807) is 13.0 Å². The van der Waals surface area contributed by atoms with Crippen molar-refractivity contribution in [3.05, 3.63) is 23.7 Å². The summed E-state index contributed by atoms with van der Waals surface area (Å²) in [6.07, 6.45) is 1.62. The molecule has 0 saturated carbocycles. The fourth-order valence-electron chi connectivity index (χ4n) is 3.35. The zero-order chi connectivity index (χ0) is 19.9. The normalized spacial score (nSPS) is 23.0. The monoisotopic (exact) mass is 508 g/mol. The van der Waals surface area contributed by atoms with E-state index >= 15 is 0 Å². The van der Waals surface area contributed by atoms with Gasteiger partial charge in [0.2, 0.25) is 0 Å². The molecule has 3 unspecified atom stereocenters. The second kappa shape index (κ2) is 12.0. The van der Waals surface area contributed by atoms with Crippen molar-refractivity contribution in [2.45, 2.75) is 58.8 Å². The molecule has 162 valence electrons. The van der Waals surface area contributed by atoms with E-state index in [4.69, 9.17) is 9.15 Å². The lowest BCUT2D eigenvalue weighted by molar-refractivity contribution is -0.0679. The molecule has 2 rings (SSSR count). The highest BCUT2D eigenvalue weighted by Crippen LogP contribution is 2.23. The Morgan fingerprint density at radius 3 is 2.54 bits per heavy atom. The molecule has 1 aromatic heterocycles. The molecule has 1 aliphatic rings. The van der Waals surface area contributed by atoms with Crippen molar-refractivity contribution in [3.8, 4) is 0 Å². The second-order valence-corrected chi connectivity index (χ2v) is 7.68. The number of morpholine rings is 1. The van der Waals surface area contributed by atoms with Crippen LogP contribution in [0.5, 0.6) is 0 Å². The van der Waals surface area contributed by atoms with E-state index in [0.29, 0.717) is 23.9 Å². The summed E-state index contributed by atoms with van der Waals surface area (Å²) < 4.78 is 11.3. The fraction of sp³-hybridized carbons (Fsp3) is 0.750. The Hall–Kier alpha value is -0.840. The lowest BCUT2D eigenvalue weighted by Crippen LogP contribution is -2.46. The Bertz CT molecular complexity index is 596. The van der Waals surface area contributed by atoms with Crippen LogP contribution >= 0.6 is 24.0 Å². The summed E-state index contributed by atoms with van der Waals surface area (Å²) in [5, 5.41) is 17.2. The molecule has 2 heterocycles. The van der Waals surface area contributed by atoms with Crippen LogP contribution in [-0.4, -0.2) is 67.4 Å². The molecule has 8 heteroatoms. The summed E-state index contributed by atoms with van der Waals surface area (Å²) in [4.78, 5) is 6.98. The predicted molar refractivity (Wildman–Crippen MR) is 123 cm³/mol. The Balaban J connectivity index is 0.00000392. The van der Waals surface area contributed by atoms with Crippen molar-refractivity contribution in [2.24, 2.45) is 4.99 Å². The van der Waals surface area contributed by atoms with Gasteiger partial charge in [-0.25, -0.2) is 4.99 Å². The first kappa shape index (κ1) is 25.2. The van der Waals surface area contributed by atoms with Crippen molar-refractivity contribution >= 4 is 29.9 Å². The van der Waals surface area contributed by atoms with E-state index in [9.17, 15) is 5.11 Å². The Labute approximate surface area is 186 Å². The molecule has 0 radical (unpaired) electrons. The van der Waals surface area contributed by atoms with Crippen LogP contribution in [0.15, 0.2) is 21.5 Å². The lowest BCUT2D eigenvalue weighted by atomic mass is 10.0. The molecule has 1 aromatic rings. The maximum absolute atomic E-state index is 10.6. The van der Waals surface area contributed by atoms with Crippen LogP contribution in [0.3, 0.4) is 0 Å². The number of hydrogen-bond acceptors (Lipinski definition) is 5. The SMILES string of the molecule is CCNC(=NCC(C)(O)c1ccc(C)o1)NCCCN1CC(C)OC(C)C1.I. The number of ether oxygens (including phenoxy) is 1. The van der Waals surface area contributed by atoms with Crippen molar-refractivity contribution < 1.29 is 14.3 Å². The maximum atomic E-state index is 10.6. The van der Waals surface area contributed by atoms with Crippen LogP contribution < -0.4 is 10.6 Å². The molecule has 0 bridgehead atoms. The van der Waals surface area contributed by atoms with Crippen molar-refractivity contribution in [1.29, 1.82) is 0 Å². The third kappa shape index (κ3) is 8.26. The van der Waals surface area contributed by atoms with E-state index in [1.165, 1.54) is 0 Å². The number of guanidine groups is 1. The van der Waals surface area contributed by atoms with E-state index < -0.39 is 5.60 Å².